The number of halogens is 2. The van der Waals surface area contributed by atoms with Gasteiger partial charge in [-0.05, 0) is 50.1 Å². The number of ether oxygens (including phenoxy) is 1. The van der Waals surface area contributed by atoms with Gasteiger partial charge in [0.1, 0.15) is 5.75 Å². The average molecular weight is 436 g/mol. The molecule has 0 aliphatic carbocycles. The molecule has 0 radical (unpaired) electrons. The summed E-state index contributed by atoms with van der Waals surface area (Å²) in [5.41, 5.74) is 7.05. The van der Waals surface area contributed by atoms with E-state index in [0.717, 1.165) is 5.56 Å². The molecule has 0 saturated heterocycles. The molecular weight excluding hydrogens is 409 g/mol. The van der Waals surface area contributed by atoms with Crippen LogP contribution in [0.2, 0.25) is 5.02 Å². The summed E-state index contributed by atoms with van der Waals surface area (Å²) in [6.45, 7) is 6.96. The molecule has 2 rings (SSSR count). The number of rotatable bonds is 9. The van der Waals surface area contributed by atoms with Crippen molar-refractivity contribution in [2.24, 2.45) is 5.73 Å². The van der Waals surface area contributed by atoms with Crippen molar-refractivity contribution in [1.82, 2.24) is 5.32 Å². The maximum Gasteiger partial charge on any atom is 0.221 e. The van der Waals surface area contributed by atoms with Gasteiger partial charge in [-0.25, -0.2) is 4.39 Å². The molecule has 2 aromatic rings. The smallest absolute Gasteiger partial charge is 0.221 e. The van der Waals surface area contributed by atoms with E-state index >= 15 is 4.39 Å². The topological polar surface area (TPSA) is 93.4 Å². The maximum absolute atomic E-state index is 15.3. The number of hydrogen-bond acceptors (Lipinski definition) is 4. The lowest BCUT2D eigenvalue weighted by Gasteiger charge is -2.23. The third kappa shape index (κ3) is 6.18. The summed E-state index contributed by atoms with van der Waals surface area (Å²) in [5.74, 6) is -0.871. The van der Waals surface area contributed by atoms with Crippen LogP contribution in [-0.4, -0.2) is 17.9 Å². The number of aryl methyl sites for hydroxylation is 1. The quantitative estimate of drug-likeness (QED) is 0.525. The number of nitrogens with one attached hydrogen (secondary N) is 2. The van der Waals surface area contributed by atoms with Gasteiger partial charge in [0, 0.05) is 36.7 Å². The summed E-state index contributed by atoms with van der Waals surface area (Å²) in [6, 6.07) is 7.64. The van der Waals surface area contributed by atoms with Crippen molar-refractivity contribution < 1.29 is 18.7 Å². The first kappa shape index (κ1) is 23.6. The molecule has 30 heavy (non-hydrogen) atoms. The summed E-state index contributed by atoms with van der Waals surface area (Å²) in [5, 5.41) is 6.07. The lowest BCUT2D eigenvalue weighted by atomic mass is 10.0. The summed E-state index contributed by atoms with van der Waals surface area (Å²) >= 11 is 6.21. The van der Waals surface area contributed by atoms with Crippen LogP contribution in [0.4, 0.5) is 10.1 Å². The van der Waals surface area contributed by atoms with Gasteiger partial charge in [0.05, 0.1) is 5.02 Å². The number of primary amides is 1. The summed E-state index contributed by atoms with van der Waals surface area (Å²) < 4.78 is 21.1. The Hall–Kier alpha value is -2.64. The third-order valence-electron chi connectivity index (χ3n) is 4.58. The van der Waals surface area contributed by atoms with Crippen LogP contribution in [0.25, 0.3) is 0 Å². The van der Waals surface area contributed by atoms with Gasteiger partial charge in [-0.3, -0.25) is 9.59 Å². The minimum atomic E-state index is -0.572. The van der Waals surface area contributed by atoms with Gasteiger partial charge in [0.15, 0.2) is 11.6 Å². The van der Waals surface area contributed by atoms with Crippen molar-refractivity contribution in [1.29, 1.82) is 0 Å². The fraction of sp³-hybridized carbons (Fsp3) is 0.364. The number of benzene rings is 2. The molecule has 2 aromatic carbocycles. The highest BCUT2D eigenvalue weighted by molar-refractivity contribution is 6.32. The number of amides is 2. The second kappa shape index (κ2) is 10.4. The van der Waals surface area contributed by atoms with Crippen LogP contribution in [-0.2, 0) is 9.59 Å². The molecule has 2 amide bonds. The van der Waals surface area contributed by atoms with E-state index in [4.69, 9.17) is 22.1 Å². The van der Waals surface area contributed by atoms with Crippen molar-refractivity contribution in [3.8, 4) is 11.5 Å². The number of carbonyl (C=O) groups is 2. The lowest BCUT2D eigenvalue weighted by Crippen LogP contribution is -2.34. The lowest BCUT2D eigenvalue weighted by molar-refractivity contribution is -0.118. The van der Waals surface area contributed by atoms with Crippen LogP contribution in [0.3, 0.4) is 0 Å². The van der Waals surface area contributed by atoms with Crippen LogP contribution >= 0.6 is 11.6 Å². The zero-order valence-corrected chi connectivity index (χ0v) is 18.3. The monoisotopic (exact) mass is 435 g/mol. The fourth-order valence-corrected chi connectivity index (χ4v) is 3.37. The van der Waals surface area contributed by atoms with E-state index in [9.17, 15) is 9.59 Å². The van der Waals surface area contributed by atoms with E-state index in [1.807, 2.05) is 20.8 Å². The zero-order valence-electron chi connectivity index (χ0n) is 17.5. The van der Waals surface area contributed by atoms with Crippen molar-refractivity contribution in [2.45, 2.75) is 52.6 Å². The van der Waals surface area contributed by atoms with Crippen LogP contribution < -0.4 is 21.1 Å². The molecular formula is C22H27ClFN3O3. The van der Waals surface area contributed by atoms with Crippen LogP contribution in [0.5, 0.6) is 11.5 Å². The Morgan fingerprint density at radius 1 is 1.27 bits per heavy atom. The molecule has 4 N–H and O–H groups in total. The van der Waals surface area contributed by atoms with E-state index in [1.54, 1.807) is 30.3 Å². The molecule has 0 spiro atoms. The molecule has 0 aliphatic rings. The third-order valence-corrected chi connectivity index (χ3v) is 4.88. The predicted octanol–water partition coefficient (Wildman–Crippen LogP) is 4.84. The first-order valence-electron chi connectivity index (χ1n) is 9.70. The zero-order chi connectivity index (χ0) is 22.4. The Morgan fingerprint density at radius 2 is 1.97 bits per heavy atom. The normalized spacial score (nSPS) is 12.9. The van der Waals surface area contributed by atoms with Crippen LogP contribution in [0, 0.1) is 12.7 Å². The maximum atomic E-state index is 15.3. The van der Waals surface area contributed by atoms with Gasteiger partial charge in [0.2, 0.25) is 11.8 Å². The van der Waals surface area contributed by atoms with Gasteiger partial charge in [-0.15, -0.1) is 0 Å². The van der Waals surface area contributed by atoms with Gasteiger partial charge < -0.3 is 21.1 Å². The summed E-state index contributed by atoms with van der Waals surface area (Å²) in [6.07, 6.45) is 0.737. The van der Waals surface area contributed by atoms with Gasteiger partial charge in [0.25, 0.3) is 0 Å². The van der Waals surface area contributed by atoms with E-state index in [2.05, 4.69) is 10.6 Å². The Labute approximate surface area is 180 Å². The molecule has 0 aliphatic heterocycles. The molecule has 0 saturated carbocycles. The first-order valence-corrected chi connectivity index (χ1v) is 10.1. The summed E-state index contributed by atoms with van der Waals surface area (Å²) in [7, 11) is 0. The number of anilines is 1. The Bertz CT molecular complexity index is 936. The molecule has 162 valence electrons. The van der Waals surface area contributed by atoms with Gasteiger partial charge in [-0.2, -0.15) is 0 Å². The molecule has 0 bridgehead atoms. The number of nitrogens with two attached hydrogens (primary N) is 1. The van der Waals surface area contributed by atoms with E-state index in [-0.39, 0.29) is 35.2 Å². The van der Waals surface area contributed by atoms with Crippen LogP contribution in [0.15, 0.2) is 30.3 Å². The highest BCUT2D eigenvalue weighted by atomic mass is 35.5. The molecule has 8 heteroatoms. The second-order valence-corrected chi connectivity index (χ2v) is 7.65. The number of hydrogen-bond donors (Lipinski definition) is 3. The fourth-order valence-electron chi connectivity index (χ4n) is 3.19. The van der Waals surface area contributed by atoms with Crippen molar-refractivity contribution in [3.63, 3.8) is 0 Å². The molecule has 0 aromatic heterocycles. The minimum absolute atomic E-state index is 0.0800. The second-order valence-electron chi connectivity index (χ2n) is 7.24. The van der Waals surface area contributed by atoms with Gasteiger partial charge >= 0.3 is 0 Å². The SMILES string of the molecule is CC[C@@H](N[C@@H](C)CC(N)=O)c1ccc(Cl)c(Oc2ccc(NC(C)=O)c(C)c2)c1F. The average Bonchev–Trinajstić information content (AvgIpc) is 2.65. The highest BCUT2D eigenvalue weighted by Gasteiger charge is 2.22. The highest BCUT2D eigenvalue weighted by Crippen LogP contribution is 2.37. The van der Waals surface area contributed by atoms with Crippen molar-refractivity contribution in [2.75, 3.05) is 5.32 Å². The Morgan fingerprint density at radius 3 is 2.53 bits per heavy atom. The van der Waals surface area contributed by atoms with Crippen LogP contribution in [0.1, 0.15) is 50.8 Å². The molecule has 6 nitrogen and oxygen atoms in total. The molecule has 2 atom stereocenters. The van der Waals surface area contributed by atoms with Gasteiger partial charge in [-0.1, -0.05) is 24.6 Å². The standard InChI is InChI=1S/C22H27ClFN3O3/c1-5-18(26-13(3)11-20(25)29)16-7-8-17(23)22(21(16)24)30-15-6-9-19(12(2)10-15)27-14(4)28/h6-10,13,18,26H,5,11H2,1-4H3,(H2,25,29)(H,27,28)/t13-,18+/m0/s1. The molecule has 0 heterocycles. The summed E-state index contributed by atoms with van der Waals surface area (Å²) in [4.78, 5) is 22.4. The molecule has 0 unspecified atom stereocenters. The van der Waals surface area contributed by atoms with Crippen molar-refractivity contribution in [3.05, 3.63) is 52.3 Å². The van der Waals surface area contributed by atoms with Crippen molar-refractivity contribution >= 4 is 29.1 Å². The van der Waals surface area contributed by atoms with E-state index in [0.29, 0.717) is 23.4 Å². The predicted molar refractivity (Wildman–Crippen MR) is 116 cm³/mol. The number of carbonyl (C=O) groups excluding carboxylic acids is 2. The Kier molecular flexibility index (Phi) is 8.20. The van der Waals surface area contributed by atoms with E-state index < -0.39 is 11.7 Å². The van der Waals surface area contributed by atoms with E-state index in [1.165, 1.54) is 6.92 Å². The first-order chi connectivity index (χ1) is 14.1. The molecule has 0 fully saturated rings. The minimum Gasteiger partial charge on any atom is -0.453 e. The Balaban J connectivity index is 2.30. The largest absolute Gasteiger partial charge is 0.453 e.